The van der Waals surface area contributed by atoms with Crippen molar-refractivity contribution in [1.29, 1.82) is 0 Å². The van der Waals surface area contributed by atoms with E-state index in [-0.39, 0.29) is 17.3 Å². The molecule has 154 valence electrons. The van der Waals surface area contributed by atoms with Gasteiger partial charge in [-0.15, -0.1) is 0 Å². The second-order valence-corrected chi connectivity index (χ2v) is 6.82. The van der Waals surface area contributed by atoms with E-state index in [0.717, 1.165) is 7.05 Å². The van der Waals surface area contributed by atoms with Crippen LogP contribution in [-0.2, 0) is 19.8 Å². The lowest BCUT2D eigenvalue weighted by Gasteiger charge is -2.08. The molecule has 8 nitrogen and oxygen atoms in total. The molecule has 2 rings (SSSR count). The van der Waals surface area contributed by atoms with Gasteiger partial charge in [0.05, 0.1) is 5.69 Å². The van der Waals surface area contributed by atoms with E-state index in [9.17, 15) is 22.8 Å². The monoisotopic (exact) mass is 420 g/mol. The summed E-state index contributed by atoms with van der Waals surface area (Å²) >= 11 is 5.73. The molecule has 0 aliphatic carbocycles. The van der Waals surface area contributed by atoms with Crippen LogP contribution >= 0.6 is 11.6 Å². The number of alkyl halides is 3. The number of aromatic nitrogens is 4. The van der Waals surface area contributed by atoms with E-state index >= 15 is 0 Å². The fourth-order valence-electron chi connectivity index (χ4n) is 2.36. The topological polar surface area (TPSA) is 93.8 Å². The van der Waals surface area contributed by atoms with Gasteiger partial charge in [0.2, 0.25) is 0 Å². The Morgan fingerprint density at radius 1 is 1.21 bits per heavy atom. The third-order valence-corrected chi connectivity index (χ3v) is 4.05. The van der Waals surface area contributed by atoms with Crippen LogP contribution in [0.1, 0.15) is 47.4 Å². The van der Waals surface area contributed by atoms with Crippen molar-refractivity contribution in [2.45, 2.75) is 33.5 Å². The highest BCUT2D eigenvalue weighted by Crippen LogP contribution is 2.36. The Morgan fingerprint density at radius 3 is 2.36 bits per heavy atom. The molecule has 0 bridgehead atoms. The maximum Gasteiger partial charge on any atom is 0.434 e. The number of hydrogen-bond donors (Lipinski definition) is 2. The maximum absolute atomic E-state index is 13.0. The lowest BCUT2D eigenvalue weighted by molar-refractivity contribution is -0.143. The summed E-state index contributed by atoms with van der Waals surface area (Å²) in [6.07, 6.45) is -3.37. The summed E-state index contributed by atoms with van der Waals surface area (Å²) in [7, 11) is 1.03. The zero-order valence-corrected chi connectivity index (χ0v) is 16.4. The summed E-state index contributed by atoms with van der Waals surface area (Å²) < 4.78 is 41.0. The van der Waals surface area contributed by atoms with Gasteiger partial charge in [-0.05, 0) is 12.8 Å². The number of amides is 2. The minimum absolute atomic E-state index is 0.0448. The van der Waals surface area contributed by atoms with Crippen molar-refractivity contribution >= 4 is 29.1 Å². The molecule has 0 aromatic carbocycles. The average Bonchev–Trinajstić information content (AvgIpc) is 3.12. The van der Waals surface area contributed by atoms with Gasteiger partial charge in [0.1, 0.15) is 5.02 Å². The summed E-state index contributed by atoms with van der Waals surface area (Å²) in [6.45, 7) is 6.42. The molecule has 0 radical (unpaired) electrons. The highest BCUT2D eigenvalue weighted by atomic mass is 35.5. The zero-order valence-electron chi connectivity index (χ0n) is 15.7. The first-order chi connectivity index (χ1) is 13.0. The Kier molecular flexibility index (Phi) is 6.37. The SMILES string of the molecule is CCn1cc(NC(=O)c2nn(C)c(C(F)(F)F)c2Cl)c(C(=O)NCC(C)C)n1. The highest BCUT2D eigenvalue weighted by Gasteiger charge is 2.40. The predicted octanol–water partition coefficient (Wildman–Crippen LogP) is 2.95. The lowest BCUT2D eigenvalue weighted by atomic mass is 10.2. The zero-order chi connectivity index (χ0) is 21.2. The lowest BCUT2D eigenvalue weighted by Crippen LogP contribution is -2.29. The quantitative estimate of drug-likeness (QED) is 0.751. The molecule has 0 aliphatic heterocycles. The van der Waals surface area contributed by atoms with Crippen LogP contribution in [0, 0.1) is 5.92 Å². The molecule has 0 atom stereocenters. The van der Waals surface area contributed by atoms with Gasteiger partial charge in [0, 0.05) is 26.3 Å². The van der Waals surface area contributed by atoms with Gasteiger partial charge < -0.3 is 10.6 Å². The predicted molar refractivity (Wildman–Crippen MR) is 96.2 cm³/mol. The van der Waals surface area contributed by atoms with Crippen LogP contribution in [0.4, 0.5) is 18.9 Å². The Balaban J connectivity index is 2.32. The molecule has 2 amide bonds. The standard InChI is InChI=1S/C16H20ClF3N6O2/c1-5-26-7-9(11(24-26)14(27)21-6-8(2)3)22-15(28)12-10(17)13(16(18,19)20)25(4)23-12/h7-8H,5-6H2,1-4H3,(H,21,27)(H,22,28). The van der Waals surface area contributed by atoms with Crippen LogP contribution in [0.15, 0.2) is 6.20 Å². The molecular weight excluding hydrogens is 401 g/mol. The summed E-state index contributed by atoms with van der Waals surface area (Å²) in [5, 5.41) is 11.9. The number of carbonyl (C=O) groups is 2. The van der Waals surface area contributed by atoms with Gasteiger partial charge in [-0.2, -0.15) is 23.4 Å². The second kappa shape index (κ2) is 8.21. The molecule has 2 heterocycles. The first-order valence-electron chi connectivity index (χ1n) is 8.42. The molecule has 0 aliphatic rings. The van der Waals surface area contributed by atoms with Crippen LogP contribution < -0.4 is 10.6 Å². The van der Waals surface area contributed by atoms with Crippen LogP contribution in [0.2, 0.25) is 5.02 Å². The average molecular weight is 421 g/mol. The first-order valence-corrected chi connectivity index (χ1v) is 8.80. The fraction of sp³-hybridized carbons (Fsp3) is 0.500. The van der Waals surface area contributed by atoms with Gasteiger partial charge in [0.25, 0.3) is 11.8 Å². The molecule has 0 spiro atoms. The van der Waals surface area contributed by atoms with Gasteiger partial charge >= 0.3 is 6.18 Å². The van der Waals surface area contributed by atoms with Gasteiger partial charge in [0.15, 0.2) is 17.1 Å². The van der Waals surface area contributed by atoms with Gasteiger partial charge in [-0.1, -0.05) is 25.4 Å². The van der Waals surface area contributed by atoms with Crippen molar-refractivity contribution in [2.24, 2.45) is 13.0 Å². The fourth-order valence-corrected chi connectivity index (χ4v) is 2.71. The van der Waals surface area contributed by atoms with E-state index in [4.69, 9.17) is 11.6 Å². The van der Waals surface area contributed by atoms with E-state index in [0.29, 0.717) is 17.8 Å². The highest BCUT2D eigenvalue weighted by molar-refractivity contribution is 6.34. The number of aryl methyl sites for hydroxylation is 2. The molecule has 0 fully saturated rings. The molecule has 0 unspecified atom stereocenters. The Labute approximate surface area is 164 Å². The van der Waals surface area contributed by atoms with E-state index in [1.807, 2.05) is 13.8 Å². The summed E-state index contributed by atoms with van der Waals surface area (Å²) in [5.74, 6) is -1.30. The van der Waals surface area contributed by atoms with Crippen LogP contribution in [0.25, 0.3) is 0 Å². The normalized spacial score (nSPS) is 11.8. The first kappa shape index (κ1) is 21.7. The molecular formula is C16H20ClF3N6O2. The smallest absolute Gasteiger partial charge is 0.350 e. The third kappa shape index (κ3) is 4.64. The van der Waals surface area contributed by atoms with Crippen molar-refractivity contribution in [2.75, 3.05) is 11.9 Å². The largest absolute Gasteiger partial charge is 0.434 e. The van der Waals surface area contributed by atoms with Crippen molar-refractivity contribution in [1.82, 2.24) is 24.9 Å². The maximum atomic E-state index is 13.0. The second-order valence-electron chi connectivity index (χ2n) is 6.44. The molecule has 0 saturated carbocycles. The number of nitrogens with one attached hydrogen (secondary N) is 2. The van der Waals surface area contributed by atoms with Crippen LogP contribution in [0.3, 0.4) is 0 Å². The molecule has 2 aromatic rings. The third-order valence-electron chi connectivity index (χ3n) is 3.69. The molecule has 2 N–H and O–H groups in total. The van der Waals surface area contributed by atoms with Crippen molar-refractivity contribution in [3.63, 3.8) is 0 Å². The Morgan fingerprint density at radius 2 is 1.86 bits per heavy atom. The molecule has 0 saturated heterocycles. The Hall–Kier alpha value is -2.56. The number of hydrogen-bond acceptors (Lipinski definition) is 4. The number of rotatable bonds is 6. The minimum atomic E-state index is -4.77. The van der Waals surface area contributed by atoms with Crippen molar-refractivity contribution in [3.05, 3.63) is 28.3 Å². The number of anilines is 1. The van der Waals surface area contributed by atoms with Gasteiger partial charge in [-0.3, -0.25) is 19.0 Å². The molecule has 28 heavy (non-hydrogen) atoms. The minimum Gasteiger partial charge on any atom is -0.350 e. The van der Waals surface area contributed by atoms with Gasteiger partial charge in [-0.25, -0.2) is 0 Å². The number of halogens is 4. The molecule has 12 heteroatoms. The van der Waals surface area contributed by atoms with Crippen LogP contribution in [0.5, 0.6) is 0 Å². The molecule has 2 aromatic heterocycles. The number of carbonyl (C=O) groups excluding carboxylic acids is 2. The summed E-state index contributed by atoms with van der Waals surface area (Å²) in [6, 6.07) is 0. The van der Waals surface area contributed by atoms with Crippen LogP contribution in [-0.4, -0.2) is 37.9 Å². The van der Waals surface area contributed by atoms with E-state index in [1.165, 1.54) is 10.9 Å². The van der Waals surface area contributed by atoms with Crippen molar-refractivity contribution in [3.8, 4) is 0 Å². The number of nitrogens with zero attached hydrogens (tertiary/aromatic N) is 4. The summed E-state index contributed by atoms with van der Waals surface area (Å²) in [4.78, 5) is 24.8. The summed E-state index contributed by atoms with van der Waals surface area (Å²) in [5.41, 5.74) is -1.85. The van der Waals surface area contributed by atoms with E-state index < -0.39 is 34.4 Å². The van der Waals surface area contributed by atoms with Crippen molar-refractivity contribution < 1.29 is 22.8 Å². The van der Waals surface area contributed by atoms with E-state index in [2.05, 4.69) is 20.8 Å². The Bertz CT molecular complexity index is 888. The van der Waals surface area contributed by atoms with E-state index in [1.54, 1.807) is 6.92 Å².